The van der Waals surface area contributed by atoms with Crippen molar-refractivity contribution in [3.63, 3.8) is 0 Å². The van der Waals surface area contributed by atoms with Crippen LogP contribution in [0.3, 0.4) is 0 Å². The van der Waals surface area contributed by atoms with Crippen molar-refractivity contribution in [3.05, 3.63) is 23.7 Å². The van der Waals surface area contributed by atoms with Gasteiger partial charge in [0.25, 0.3) is 0 Å². The van der Waals surface area contributed by atoms with E-state index < -0.39 is 17.7 Å². The highest BCUT2D eigenvalue weighted by atomic mass is 16.6. The van der Waals surface area contributed by atoms with Gasteiger partial charge in [-0.1, -0.05) is 0 Å². The lowest BCUT2D eigenvalue weighted by molar-refractivity contribution is 0.0494. The highest BCUT2D eigenvalue weighted by molar-refractivity contribution is 5.99. The third-order valence-electron chi connectivity index (χ3n) is 2.10. The number of rotatable bonds is 3. The molecule has 0 radical (unpaired) electrons. The first-order valence-corrected chi connectivity index (χ1v) is 5.78. The Balaban J connectivity index is 2.58. The number of carbonyl (C=O) groups is 2. The van der Waals surface area contributed by atoms with Gasteiger partial charge in [0, 0.05) is 0 Å². The molecule has 100 valence electrons. The maximum atomic E-state index is 11.9. The Bertz CT molecular complexity index is 442. The summed E-state index contributed by atoms with van der Waals surface area (Å²) in [4.78, 5) is 23.4. The average molecular weight is 253 g/mol. The van der Waals surface area contributed by atoms with Crippen LogP contribution in [0.25, 0.3) is 0 Å². The summed E-state index contributed by atoms with van der Waals surface area (Å²) in [5.41, 5.74) is 0.275. The minimum atomic E-state index is -0.689. The maximum absolute atomic E-state index is 11.9. The van der Waals surface area contributed by atoms with Crippen LogP contribution in [-0.2, 0) is 4.74 Å². The molecule has 1 aromatic rings. The molecule has 0 bridgehead atoms. The van der Waals surface area contributed by atoms with Gasteiger partial charge in [0.1, 0.15) is 5.60 Å². The van der Waals surface area contributed by atoms with Crippen LogP contribution < -0.4 is 5.32 Å². The van der Waals surface area contributed by atoms with Crippen molar-refractivity contribution in [1.29, 1.82) is 0 Å². The summed E-state index contributed by atoms with van der Waals surface area (Å²) in [6.07, 6.45) is 0.875. The minimum Gasteiger partial charge on any atom is -0.461 e. The topological polar surface area (TPSA) is 68.5 Å². The molecule has 0 aliphatic carbocycles. The van der Waals surface area contributed by atoms with Gasteiger partial charge in [-0.15, -0.1) is 0 Å². The third kappa shape index (κ3) is 4.24. The zero-order chi connectivity index (χ0) is 13.9. The van der Waals surface area contributed by atoms with E-state index in [9.17, 15) is 9.59 Å². The second-order valence-corrected chi connectivity index (χ2v) is 5.22. The van der Waals surface area contributed by atoms with Gasteiger partial charge in [-0.05, 0) is 46.2 Å². The maximum Gasteiger partial charge on any atom is 0.408 e. The Labute approximate surface area is 106 Å². The molecular formula is C13H19NO4. The summed E-state index contributed by atoms with van der Waals surface area (Å²) < 4.78 is 10.2. The standard InChI is InChI=1S/C13H19NO4/c1-8-6-10(17-7-8)11(15)9(2)14-12(16)18-13(3,4)5/h6-7,9H,1-5H3,(H,14,16)/t9-/m0/s1. The summed E-state index contributed by atoms with van der Waals surface area (Å²) in [7, 11) is 0. The first kappa shape index (κ1) is 14.3. The fourth-order valence-corrected chi connectivity index (χ4v) is 1.32. The van der Waals surface area contributed by atoms with Crippen molar-refractivity contribution < 1.29 is 18.7 Å². The van der Waals surface area contributed by atoms with Crippen LogP contribution in [0.2, 0.25) is 0 Å². The number of furan rings is 1. The van der Waals surface area contributed by atoms with Gasteiger partial charge in [0.2, 0.25) is 5.78 Å². The van der Waals surface area contributed by atoms with Gasteiger partial charge in [0.15, 0.2) is 5.76 Å². The summed E-state index contributed by atoms with van der Waals surface area (Å²) in [5, 5.41) is 2.47. The van der Waals surface area contributed by atoms with E-state index in [2.05, 4.69) is 5.32 Å². The second-order valence-electron chi connectivity index (χ2n) is 5.22. The first-order chi connectivity index (χ1) is 8.19. The number of carbonyl (C=O) groups excluding carboxylic acids is 2. The van der Waals surface area contributed by atoms with Crippen LogP contribution >= 0.6 is 0 Å². The van der Waals surface area contributed by atoms with E-state index in [-0.39, 0.29) is 11.5 Å². The van der Waals surface area contributed by atoms with Crippen molar-refractivity contribution in [1.82, 2.24) is 5.32 Å². The van der Waals surface area contributed by atoms with E-state index in [0.717, 1.165) is 5.56 Å². The molecule has 0 aliphatic heterocycles. The SMILES string of the molecule is Cc1coc(C(=O)[C@H](C)NC(=O)OC(C)(C)C)c1. The number of aryl methyl sites for hydroxylation is 1. The fourth-order valence-electron chi connectivity index (χ4n) is 1.32. The predicted molar refractivity (Wildman–Crippen MR) is 66.6 cm³/mol. The average Bonchev–Trinajstić information content (AvgIpc) is 2.60. The Hall–Kier alpha value is -1.78. The van der Waals surface area contributed by atoms with Gasteiger partial charge < -0.3 is 14.5 Å². The summed E-state index contributed by atoms with van der Waals surface area (Å²) >= 11 is 0. The quantitative estimate of drug-likeness (QED) is 0.841. The smallest absolute Gasteiger partial charge is 0.408 e. The highest BCUT2D eigenvalue weighted by Gasteiger charge is 2.23. The summed E-state index contributed by atoms with van der Waals surface area (Å²) in [6.45, 7) is 8.69. The molecule has 0 saturated heterocycles. The van der Waals surface area contributed by atoms with Gasteiger partial charge in [0.05, 0.1) is 12.3 Å². The third-order valence-corrected chi connectivity index (χ3v) is 2.10. The van der Waals surface area contributed by atoms with Gasteiger partial charge in [-0.3, -0.25) is 4.79 Å². The molecule has 1 heterocycles. The molecule has 1 aromatic heterocycles. The molecular weight excluding hydrogens is 234 g/mol. The second kappa shape index (κ2) is 5.25. The lowest BCUT2D eigenvalue weighted by atomic mass is 10.1. The number of alkyl carbamates (subject to hydrolysis) is 1. The van der Waals surface area contributed by atoms with E-state index in [1.54, 1.807) is 33.8 Å². The normalized spacial score (nSPS) is 12.9. The number of ether oxygens (including phenoxy) is 1. The number of amides is 1. The first-order valence-electron chi connectivity index (χ1n) is 5.78. The zero-order valence-corrected chi connectivity index (χ0v) is 11.4. The van der Waals surface area contributed by atoms with Crippen molar-refractivity contribution in [2.45, 2.75) is 46.3 Å². The van der Waals surface area contributed by atoms with E-state index in [1.165, 1.54) is 6.26 Å². The van der Waals surface area contributed by atoms with E-state index >= 15 is 0 Å². The molecule has 0 aromatic carbocycles. The van der Waals surface area contributed by atoms with Gasteiger partial charge in [-0.25, -0.2) is 4.79 Å². The molecule has 1 atom stereocenters. The Morgan fingerprint density at radius 3 is 2.44 bits per heavy atom. The van der Waals surface area contributed by atoms with Crippen LogP contribution in [-0.4, -0.2) is 23.5 Å². The summed E-state index contributed by atoms with van der Waals surface area (Å²) in [6, 6.07) is 0.945. The Morgan fingerprint density at radius 2 is 2.00 bits per heavy atom. The van der Waals surface area contributed by atoms with Crippen LogP contribution in [0.1, 0.15) is 43.8 Å². The van der Waals surface area contributed by atoms with Crippen molar-refractivity contribution in [3.8, 4) is 0 Å². The molecule has 1 rings (SSSR count). The van der Waals surface area contributed by atoms with Crippen LogP contribution in [0.4, 0.5) is 4.79 Å². The number of ketones is 1. The van der Waals surface area contributed by atoms with E-state index in [1.807, 2.05) is 6.92 Å². The molecule has 1 amide bonds. The number of hydrogen-bond acceptors (Lipinski definition) is 4. The van der Waals surface area contributed by atoms with Crippen molar-refractivity contribution >= 4 is 11.9 Å². The lowest BCUT2D eigenvalue weighted by Crippen LogP contribution is -2.41. The lowest BCUT2D eigenvalue weighted by Gasteiger charge is -2.21. The van der Waals surface area contributed by atoms with Gasteiger partial charge >= 0.3 is 6.09 Å². The zero-order valence-electron chi connectivity index (χ0n) is 11.4. The fraction of sp³-hybridized carbons (Fsp3) is 0.538. The largest absolute Gasteiger partial charge is 0.461 e. The molecule has 0 saturated carbocycles. The van der Waals surface area contributed by atoms with Crippen LogP contribution in [0.5, 0.6) is 0 Å². The van der Waals surface area contributed by atoms with E-state index in [0.29, 0.717) is 0 Å². The molecule has 1 N–H and O–H groups in total. The van der Waals surface area contributed by atoms with Crippen LogP contribution in [0.15, 0.2) is 16.7 Å². The molecule has 18 heavy (non-hydrogen) atoms. The number of Topliss-reactive ketones (excluding diaryl/α,β-unsaturated/α-hetero) is 1. The molecule has 0 unspecified atom stereocenters. The van der Waals surface area contributed by atoms with Crippen molar-refractivity contribution in [2.24, 2.45) is 0 Å². The van der Waals surface area contributed by atoms with E-state index in [4.69, 9.17) is 9.15 Å². The van der Waals surface area contributed by atoms with Gasteiger partial charge in [-0.2, -0.15) is 0 Å². The summed E-state index contributed by atoms with van der Waals surface area (Å²) in [5.74, 6) is -0.0509. The molecule has 5 nitrogen and oxygen atoms in total. The molecule has 0 spiro atoms. The number of hydrogen-bond donors (Lipinski definition) is 1. The predicted octanol–water partition coefficient (Wildman–Crippen LogP) is 2.68. The van der Waals surface area contributed by atoms with Crippen LogP contribution in [0, 0.1) is 6.92 Å². The number of nitrogens with one attached hydrogen (secondary N) is 1. The monoisotopic (exact) mass is 253 g/mol. The highest BCUT2D eigenvalue weighted by Crippen LogP contribution is 2.10. The van der Waals surface area contributed by atoms with Crippen molar-refractivity contribution in [2.75, 3.05) is 0 Å². The Kier molecular flexibility index (Phi) is 4.16. The molecule has 0 aliphatic rings. The minimum absolute atomic E-state index is 0.232. The molecule has 5 heteroatoms. The molecule has 0 fully saturated rings. The Morgan fingerprint density at radius 1 is 1.39 bits per heavy atom.